The number of carbonyl (C=O) groups is 1. The summed E-state index contributed by atoms with van der Waals surface area (Å²) in [5, 5.41) is 2.70. The van der Waals surface area contributed by atoms with Crippen molar-refractivity contribution in [1.29, 1.82) is 0 Å². The van der Waals surface area contributed by atoms with Gasteiger partial charge in [0.25, 0.3) is 15.9 Å². The van der Waals surface area contributed by atoms with E-state index in [-0.39, 0.29) is 10.5 Å². The van der Waals surface area contributed by atoms with Crippen molar-refractivity contribution in [3.63, 3.8) is 0 Å². The zero-order valence-electron chi connectivity index (χ0n) is 18.0. The van der Waals surface area contributed by atoms with E-state index in [4.69, 9.17) is 4.74 Å². The van der Waals surface area contributed by atoms with Gasteiger partial charge in [0.15, 0.2) is 0 Å². The van der Waals surface area contributed by atoms with E-state index in [1.165, 1.54) is 37.4 Å². The number of sulfonamides is 1. The van der Waals surface area contributed by atoms with Crippen LogP contribution in [0, 0.1) is 5.82 Å². The lowest BCUT2D eigenvalue weighted by Gasteiger charge is -2.22. The van der Waals surface area contributed by atoms with Crippen molar-refractivity contribution in [2.45, 2.75) is 17.7 Å². The van der Waals surface area contributed by atoms with Gasteiger partial charge in [-0.1, -0.05) is 0 Å². The molecule has 1 amide bonds. The van der Waals surface area contributed by atoms with Gasteiger partial charge in [-0.2, -0.15) is 0 Å². The van der Waals surface area contributed by atoms with E-state index in [0.717, 1.165) is 25.9 Å². The molecule has 1 aliphatic heterocycles. The summed E-state index contributed by atoms with van der Waals surface area (Å²) in [4.78, 5) is 14.6. The molecule has 1 aliphatic rings. The average Bonchev–Trinajstić information content (AvgIpc) is 3.34. The van der Waals surface area contributed by atoms with Crippen LogP contribution in [0.25, 0.3) is 0 Å². The van der Waals surface area contributed by atoms with Gasteiger partial charge in [0.05, 0.1) is 12.8 Å². The minimum absolute atomic E-state index is 0.0668. The Bertz CT molecular complexity index is 1240. The Balaban J connectivity index is 1.65. The molecule has 0 atom stereocenters. The number of hydrogen-bond donors (Lipinski definition) is 2. The van der Waals surface area contributed by atoms with Gasteiger partial charge in [-0.05, 0) is 79.6 Å². The summed E-state index contributed by atoms with van der Waals surface area (Å²) in [6.07, 6.45) is 1.96. The molecule has 0 radical (unpaired) electrons. The zero-order valence-corrected chi connectivity index (χ0v) is 18.9. The lowest BCUT2D eigenvalue weighted by molar-refractivity contribution is 0.102. The molecule has 0 bridgehead atoms. The topological polar surface area (TPSA) is 87.7 Å². The Hall–Kier alpha value is -3.59. The zero-order chi connectivity index (χ0) is 23.4. The minimum Gasteiger partial charge on any atom is -0.497 e. The first-order chi connectivity index (χ1) is 15.9. The number of amides is 1. The van der Waals surface area contributed by atoms with Gasteiger partial charge in [0, 0.05) is 30.0 Å². The molecule has 33 heavy (non-hydrogen) atoms. The molecule has 1 fully saturated rings. The fourth-order valence-electron chi connectivity index (χ4n) is 3.70. The smallest absolute Gasteiger partial charge is 0.264 e. The molecular formula is C24H24FN3O4S. The van der Waals surface area contributed by atoms with Gasteiger partial charge in [0.2, 0.25) is 0 Å². The molecule has 0 saturated carbocycles. The Morgan fingerprint density at radius 2 is 1.58 bits per heavy atom. The third-order valence-corrected chi connectivity index (χ3v) is 6.81. The van der Waals surface area contributed by atoms with Crippen LogP contribution in [0.5, 0.6) is 5.75 Å². The molecule has 0 aliphatic carbocycles. The third-order valence-electron chi connectivity index (χ3n) is 5.40. The second kappa shape index (κ2) is 9.50. The highest BCUT2D eigenvalue weighted by molar-refractivity contribution is 7.92. The molecule has 2 N–H and O–H groups in total. The van der Waals surface area contributed by atoms with E-state index in [9.17, 15) is 17.6 Å². The molecule has 3 aromatic rings. The molecule has 3 aromatic carbocycles. The lowest BCUT2D eigenvalue weighted by atomic mass is 10.2. The fourth-order valence-corrected chi connectivity index (χ4v) is 5.01. The van der Waals surface area contributed by atoms with Crippen LogP contribution in [0.3, 0.4) is 0 Å². The van der Waals surface area contributed by atoms with Crippen LogP contribution in [-0.2, 0) is 10.0 Å². The van der Waals surface area contributed by atoms with Crippen molar-refractivity contribution in [3.05, 3.63) is 78.1 Å². The van der Waals surface area contributed by atoms with Crippen LogP contribution >= 0.6 is 0 Å². The second-order valence-electron chi connectivity index (χ2n) is 7.67. The van der Waals surface area contributed by atoms with E-state index in [1.807, 2.05) is 4.90 Å². The second-order valence-corrected chi connectivity index (χ2v) is 9.32. The fraction of sp³-hybridized carbons (Fsp3) is 0.208. The maximum Gasteiger partial charge on any atom is 0.264 e. The van der Waals surface area contributed by atoms with Crippen molar-refractivity contribution in [1.82, 2.24) is 0 Å². The van der Waals surface area contributed by atoms with Gasteiger partial charge in [-0.3, -0.25) is 9.52 Å². The SMILES string of the molecule is COc1ccc(NS(=O)(=O)c2cc(NC(=O)c3ccc(F)cc3)ccc2N2CCCC2)cc1. The highest BCUT2D eigenvalue weighted by atomic mass is 32.2. The molecule has 172 valence electrons. The van der Waals surface area contributed by atoms with Gasteiger partial charge < -0.3 is 15.0 Å². The number of hydrogen-bond acceptors (Lipinski definition) is 5. The molecule has 0 spiro atoms. The van der Waals surface area contributed by atoms with E-state index in [1.54, 1.807) is 36.4 Å². The van der Waals surface area contributed by atoms with E-state index in [2.05, 4.69) is 10.0 Å². The van der Waals surface area contributed by atoms with Crippen LogP contribution < -0.4 is 19.7 Å². The molecular weight excluding hydrogens is 445 g/mol. The monoisotopic (exact) mass is 469 g/mol. The molecule has 1 saturated heterocycles. The minimum atomic E-state index is -3.96. The number of anilines is 3. The molecule has 9 heteroatoms. The molecule has 7 nitrogen and oxygen atoms in total. The lowest BCUT2D eigenvalue weighted by Crippen LogP contribution is -2.23. The van der Waals surface area contributed by atoms with E-state index >= 15 is 0 Å². The summed E-state index contributed by atoms with van der Waals surface area (Å²) in [7, 11) is -2.43. The quantitative estimate of drug-likeness (QED) is 0.533. The Labute approximate surface area is 192 Å². The Kier molecular flexibility index (Phi) is 6.50. The summed E-state index contributed by atoms with van der Waals surface area (Å²) < 4.78 is 47.6. The average molecular weight is 470 g/mol. The summed E-state index contributed by atoms with van der Waals surface area (Å²) in [5.41, 5.74) is 1.56. The number of nitrogens with one attached hydrogen (secondary N) is 2. The molecule has 1 heterocycles. The molecule has 0 aromatic heterocycles. The first-order valence-electron chi connectivity index (χ1n) is 10.5. The first-order valence-corrected chi connectivity index (χ1v) is 12.0. The number of halogens is 1. The number of benzene rings is 3. The predicted molar refractivity (Wildman–Crippen MR) is 126 cm³/mol. The highest BCUT2D eigenvalue weighted by Gasteiger charge is 2.25. The van der Waals surface area contributed by atoms with Crippen LogP contribution in [0.4, 0.5) is 21.5 Å². The normalized spacial score (nSPS) is 13.6. The van der Waals surface area contributed by atoms with Crippen LogP contribution in [0.15, 0.2) is 71.6 Å². The van der Waals surface area contributed by atoms with E-state index < -0.39 is 21.7 Å². The van der Waals surface area contributed by atoms with Gasteiger partial charge in [-0.15, -0.1) is 0 Å². The van der Waals surface area contributed by atoms with Crippen molar-refractivity contribution in [2.75, 3.05) is 35.1 Å². The molecule has 0 unspecified atom stereocenters. The summed E-state index contributed by atoms with van der Waals surface area (Å²) in [5.74, 6) is -0.295. The standard InChI is InChI=1S/C24H24FN3O4S/c1-32-21-11-8-19(9-12-21)27-33(30,31)23-16-20(10-13-22(23)28-14-2-3-15-28)26-24(29)17-4-6-18(25)7-5-17/h4-13,16,27H,2-3,14-15H2,1H3,(H,26,29). The maximum absolute atomic E-state index is 13.4. The largest absolute Gasteiger partial charge is 0.497 e. The maximum atomic E-state index is 13.4. The number of nitrogens with zero attached hydrogens (tertiary/aromatic N) is 1. The van der Waals surface area contributed by atoms with Crippen molar-refractivity contribution < 1.29 is 22.3 Å². The number of rotatable bonds is 7. The molecule has 4 rings (SSSR count). The van der Waals surface area contributed by atoms with Crippen LogP contribution in [0.2, 0.25) is 0 Å². The van der Waals surface area contributed by atoms with E-state index in [0.29, 0.717) is 22.8 Å². The Morgan fingerprint density at radius 3 is 2.21 bits per heavy atom. The number of ether oxygens (including phenoxy) is 1. The summed E-state index contributed by atoms with van der Waals surface area (Å²) in [6.45, 7) is 1.51. The summed E-state index contributed by atoms with van der Waals surface area (Å²) in [6, 6.07) is 16.5. The van der Waals surface area contributed by atoms with Crippen LogP contribution in [-0.4, -0.2) is 34.5 Å². The number of methoxy groups -OCH3 is 1. The predicted octanol–water partition coefficient (Wildman–Crippen LogP) is 4.49. The van der Waals surface area contributed by atoms with Gasteiger partial charge >= 0.3 is 0 Å². The summed E-state index contributed by atoms with van der Waals surface area (Å²) >= 11 is 0. The van der Waals surface area contributed by atoms with Crippen molar-refractivity contribution >= 4 is 33.0 Å². The van der Waals surface area contributed by atoms with Gasteiger partial charge in [-0.25, -0.2) is 12.8 Å². The first kappa shape index (κ1) is 22.6. The Morgan fingerprint density at radius 1 is 0.939 bits per heavy atom. The highest BCUT2D eigenvalue weighted by Crippen LogP contribution is 2.32. The van der Waals surface area contributed by atoms with Crippen molar-refractivity contribution in [3.8, 4) is 5.75 Å². The third kappa shape index (κ3) is 5.25. The van der Waals surface area contributed by atoms with Gasteiger partial charge in [0.1, 0.15) is 16.5 Å². The van der Waals surface area contributed by atoms with Crippen molar-refractivity contribution in [2.24, 2.45) is 0 Å². The number of carbonyl (C=O) groups excluding carboxylic acids is 1. The van der Waals surface area contributed by atoms with Crippen LogP contribution in [0.1, 0.15) is 23.2 Å².